The van der Waals surface area contributed by atoms with Crippen LogP contribution in [0.1, 0.15) is 42.4 Å². The summed E-state index contributed by atoms with van der Waals surface area (Å²) in [4.78, 5) is 24.7. The number of aromatic nitrogens is 3. The Morgan fingerprint density at radius 1 is 1.00 bits per heavy atom. The molecule has 1 amide bonds. The molecule has 2 aromatic heterocycles. The van der Waals surface area contributed by atoms with Crippen molar-refractivity contribution in [2.45, 2.75) is 32.7 Å². The van der Waals surface area contributed by atoms with Gasteiger partial charge in [-0.3, -0.25) is 9.78 Å². The van der Waals surface area contributed by atoms with Gasteiger partial charge in [0.2, 0.25) is 0 Å². The Bertz CT molecular complexity index is 867. The summed E-state index contributed by atoms with van der Waals surface area (Å²) in [6, 6.07) is 13.5. The molecule has 0 aliphatic rings. The van der Waals surface area contributed by atoms with E-state index in [0.29, 0.717) is 12.2 Å². The zero-order valence-corrected chi connectivity index (χ0v) is 15.2. The molecular weight excluding hydrogens is 324 g/mol. The maximum Gasteiger partial charge on any atom is 0.270 e. The van der Waals surface area contributed by atoms with Gasteiger partial charge in [0.25, 0.3) is 5.91 Å². The van der Waals surface area contributed by atoms with Crippen molar-refractivity contribution >= 4 is 5.91 Å². The predicted octanol–water partition coefficient (Wildman–Crippen LogP) is 3.77. The van der Waals surface area contributed by atoms with Crippen LogP contribution in [0, 0.1) is 0 Å². The predicted molar refractivity (Wildman–Crippen MR) is 102 cm³/mol. The number of amides is 1. The van der Waals surface area contributed by atoms with E-state index in [4.69, 9.17) is 0 Å². The van der Waals surface area contributed by atoms with E-state index in [1.807, 2.05) is 36.4 Å². The molecule has 3 aromatic rings. The van der Waals surface area contributed by atoms with Gasteiger partial charge in [-0.25, -0.2) is 9.97 Å². The van der Waals surface area contributed by atoms with Gasteiger partial charge in [-0.1, -0.05) is 51.1 Å². The molecule has 26 heavy (non-hydrogen) atoms. The maximum atomic E-state index is 12.3. The van der Waals surface area contributed by atoms with Crippen molar-refractivity contribution in [2.24, 2.45) is 0 Å². The lowest BCUT2D eigenvalue weighted by atomic mass is 9.88. The van der Waals surface area contributed by atoms with Gasteiger partial charge in [-0.2, -0.15) is 0 Å². The standard InChI is InChI=1S/C21H22N4O/c1-21(2,3)17-8-9-19(23-13-17)20(26)24-12-15-4-6-16(7-5-15)18-10-11-22-14-25-18/h4-11,13-14H,12H2,1-3H3,(H,24,26). The second kappa shape index (κ2) is 7.44. The average Bonchev–Trinajstić information content (AvgIpc) is 2.66. The number of carbonyl (C=O) groups excluding carboxylic acids is 1. The molecule has 1 N–H and O–H groups in total. The molecule has 0 aliphatic carbocycles. The second-order valence-electron chi connectivity index (χ2n) is 7.16. The second-order valence-corrected chi connectivity index (χ2v) is 7.16. The molecule has 5 nitrogen and oxygen atoms in total. The van der Waals surface area contributed by atoms with E-state index in [2.05, 4.69) is 41.0 Å². The number of nitrogens with one attached hydrogen (secondary N) is 1. The fourth-order valence-corrected chi connectivity index (χ4v) is 2.50. The van der Waals surface area contributed by atoms with Crippen LogP contribution in [0.4, 0.5) is 0 Å². The van der Waals surface area contributed by atoms with Crippen molar-refractivity contribution in [2.75, 3.05) is 0 Å². The Hall–Kier alpha value is -3.08. The van der Waals surface area contributed by atoms with E-state index in [-0.39, 0.29) is 11.3 Å². The molecule has 0 saturated heterocycles. The van der Waals surface area contributed by atoms with Crippen LogP contribution in [0.2, 0.25) is 0 Å². The highest BCUT2D eigenvalue weighted by atomic mass is 16.1. The highest BCUT2D eigenvalue weighted by Crippen LogP contribution is 2.21. The lowest BCUT2D eigenvalue weighted by Gasteiger charge is -2.18. The number of pyridine rings is 1. The number of hydrogen-bond acceptors (Lipinski definition) is 4. The van der Waals surface area contributed by atoms with Gasteiger partial charge in [0.05, 0.1) is 5.69 Å². The molecule has 0 atom stereocenters. The largest absolute Gasteiger partial charge is 0.347 e. The highest BCUT2D eigenvalue weighted by molar-refractivity contribution is 5.92. The fraction of sp³-hybridized carbons (Fsp3) is 0.238. The van der Waals surface area contributed by atoms with Gasteiger partial charge in [0.15, 0.2) is 0 Å². The number of benzene rings is 1. The van der Waals surface area contributed by atoms with E-state index in [1.54, 1.807) is 18.5 Å². The van der Waals surface area contributed by atoms with Crippen molar-refractivity contribution in [3.63, 3.8) is 0 Å². The van der Waals surface area contributed by atoms with Crippen LogP contribution in [0.5, 0.6) is 0 Å². The summed E-state index contributed by atoms with van der Waals surface area (Å²) in [5.41, 5.74) is 4.46. The van der Waals surface area contributed by atoms with E-state index in [1.165, 1.54) is 6.33 Å². The minimum atomic E-state index is -0.176. The van der Waals surface area contributed by atoms with Gasteiger partial charge in [-0.05, 0) is 28.7 Å². The first kappa shape index (κ1) is 17.7. The number of nitrogens with zero attached hydrogens (tertiary/aromatic N) is 3. The summed E-state index contributed by atoms with van der Waals surface area (Å²) in [5, 5.41) is 2.91. The Labute approximate surface area is 153 Å². The first-order valence-electron chi connectivity index (χ1n) is 8.53. The molecule has 2 heterocycles. The monoisotopic (exact) mass is 346 g/mol. The van der Waals surface area contributed by atoms with Gasteiger partial charge in [0, 0.05) is 24.5 Å². The fourth-order valence-electron chi connectivity index (χ4n) is 2.50. The molecule has 0 fully saturated rings. The number of hydrogen-bond donors (Lipinski definition) is 1. The van der Waals surface area contributed by atoms with E-state index in [0.717, 1.165) is 22.4 Å². The molecule has 0 aliphatic heterocycles. The normalized spacial score (nSPS) is 11.2. The summed E-state index contributed by atoms with van der Waals surface area (Å²) >= 11 is 0. The van der Waals surface area contributed by atoms with Crippen molar-refractivity contribution in [3.05, 3.63) is 78.0 Å². The Balaban J connectivity index is 1.61. The Morgan fingerprint density at radius 3 is 2.35 bits per heavy atom. The smallest absolute Gasteiger partial charge is 0.270 e. The SMILES string of the molecule is CC(C)(C)c1ccc(C(=O)NCc2ccc(-c3ccncn3)cc2)nc1. The molecule has 0 radical (unpaired) electrons. The van der Waals surface area contributed by atoms with Gasteiger partial charge in [0.1, 0.15) is 12.0 Å². The molecule has 5 heteroatoms. The van der Waals surface area contributed by atoms with Crippen LogP contribution in [-0.2, 0) is 12.0 Å². The molecule has 1 aromatic carbocycles. The third-order valence-corrected chi connectivity index (χ3v) is 4.15. The first-order valence-corrected chi connectivity index (χ1v) is 8.53. The van der Waals surface area contributed by atoms with E-state index < -0.39 is 0 Å². The Kier molecular flexibility index (Phi) is 5.07. The number of carbonyl (C=O) groups is 1. The van der Waals surface area contributed by atoms with Crippen LogP contribution in [0.25, 0.3) is 11.3 Å². The van der Waals surface area contributed by atoms with Gasteiger partial charge in [-0.15, -0.1) is 0 Å². The van der Waals surface area contributed by atoms with Crippen LogP contribution in [0.3, 0.4) is 0 Å². The van der Waals surface area contributed by atoms with Crippen LogP contribution in [-0.4, -0.2) is 20.9 Å². The average molecular weight is 346 g/mol. The van der Waals surface area contributed by atoms with Crippen LogP contribution < -0.4 is 5.32 Å². The highest BCUT2D eigenvalue weighted by Gasteiger charge is 2.15. The molecule has 0 bridgehead atoms. The lowest BCUT2D eigenvalue weighted by Crippen LogP contribution is -2.24. The summed E-state index contributed by atoms with van der Waals surface area (Å²) < 4.78 is 0. The molecule has 0 saturated carbocycles. The topological polar surface area (TPSA) is 67.8 Å². The zero-order valence-electron chi connectivity index (χ0n) is 15.2. The number of rotatable bonds is 4. The summed E-state index contributed by atoms with van der Waals surface area (Å²) in [5.74, 6) is -0.176. The van der Waals surface area contributed by atoms with Crippen molar-refractivity contribution < 1.29 is 4.79 Å². The third-order valence-electron chi connectivity index (χ3n) is 4.15. The van der Waals surface area contributed by atoms with E-state index in [9.17, 15) is 4.79 Å². The van der Waals surface area contributed by atoms with Crippen LogP contribution >= 0.6 is 0 Å². The molecule has 132 valence electrons. The maximum absolute atomic E-state index is 12.3. The Morgan fingerprint density at radius 2 is 1.77 bits per heavy atom. The van der Waals surface area contributed by atoms with Crippen LogP contribution in [0.15, 0.2) is 61.2 Å². The van der Waals surface area contributed by atoms with E-state index >= 15 is 0 Å². The summed E-state index contributed by atoms with van der Waals surface area (Å²) in [6.45, 7) is 6.81. The molecule has 0 spiro atoms. The summed E-state index contributed by atoms with van der Waals surface area (Å²) in [7, 11) is 0. The minimum Gasteiger partial charge on any atom is -0.347 e. The van der Waals surface area contributed by atoms with Gasteiger partial charge < -0.3 is 5.32 Å². The van der Waals surface area contributed by atoms with Crippen molar-refractivity contribution in [3.8, 4) is 11.3 Å². The molecular formula is C21H22N4O. The van der Waals surface area contributed by atoms with Gasteiger partial charge >= 0.3 is 0 Å². The van der Waals surface area contributed by atoms with Crippen molar-refractivity contribution in [1.29, 1.82) is 0 Å². The summed E-state index contributed by atoms with van der Waals surface area (Å²) in [6.07, 6.45) is 5.02. The molecule has 3 rings (SSSR count). The van der Waals surface area contributed by atoms with Crippen molar-refractivity contribution in [1.82, 2.24) is 20.3 Å². The first-order chi connectivity index (χ1) is 12.4. The third kappa shape index (κ3) is 4.30. The zero-order chi connectivity index (χ0) is 18.6. The minimum absolute atomic E-state index is 0.0213. The lowest BCUT2D eigenvalue weighted by molar-refractivity contribution is 0.0946. The molecule has 0 unspecified atom stereocenters. The quantitative estimate of drug-likeness (QED) is 0.781.